The summed E-state index contributed by atoms with van der Waals surface area (Å²) in [5.74, 6) is 0.552. The average Bonchev–Trinajstić information content (AvgIpc) is 2.29. The number of carbonyl (C=O) groups is 1. The number of alkyl halides is 1. The molecule has 94 valence electrons. The predicted octanol–water partition coefficient (Wildman–Crippen LogP) is 2.15. The number of carbonyl (C=O) groups excluding carboxylic acids is 1. The molecule has 0 radical (unpaired) electrons. The topological polar surface area (TPSA) is 58.6 Å². The van der Waals surface area contributed by atoms with Gasteiger partial charge in [0.15, 0.2) is 11.5 Å². The van der Waals surface area contributed by atoms with Gasteiger partial charge in [0.05, 0.1) is 7.11 Å². The Balaban J connectivity index is 2.72. The van der Waals surface area contributed by atoms with Gasteiger partial charge in [0.25, 0.3) is 5.91 Å². The molecule has 0 saturated carbocycles. The van der Waals surface area contributed by atoms with E-state index in [1.807, 2.05) is 6.92 Å². The number of phenols is 1. The lowest BCUT2D eigenvalue weighted by molar-refractivity contribution is 0.0939. The Hall–Kier alpha value is -1.42. The molecule has 0 aliphatic carbocycles. The van der Waals surface area contributed by atoms with E-state index in [2.05, 4.69) is 5.32 Å². The van der Waals surface area contributed by atoms with Crippen LogP contribution in [0.1, 0.15) is 23.7 Å². The Bertz CT molecular complexity index is 395. The highest BCUT2D eigenvalue weighted by atomic mass is 35.5. The summed E-state index contributed by atoms with van der Waals surface area (Å²) in [5.41, 5.74) is 0.393. The van der Waals surface area contributed by atoms with E-state index in [9.17, 15) is 9.90 Å². The van der Waals surface area contributed by atoms with Gasteiger partial charge in [0.2, 0.25) is 0 Å². The van der Waals surface area contributed by atoms with Crippen LogP contribution in [0.3, 0.4) is 0 Å². The third kappa shape index (κ3) is 3.82. The monoisotopic (exact) mass is 257 g/mol. The van der Waals surface area contributed by atoms with Crippen LogP contribution in [0.2, 0.25) is 0 Å². The van der Waals surface area contributed by atoms with Crippen LogP contribution in [-0.4, -0.2) is 30.0 Å². The molecule has 0 aromatic heterocycles. The van der Waals surface area contributed by atoms with Gasteiger partial charge in [-0.15, -0.1) is 11.6 Å². The molecule has 5 heteroatoms. The molecule has 1 atom stereocenters. The second-order valence-electron chi connectivity index (χ2n) is 3.74. The van der Waals surface area contributed by atoms with Crippen molar-refractivity contribution in [3.05, 3.63) is 23.8 Å². The van der Waals surface area contributed by atoms with Gasteiger partial charge < -0.3 is 15.2 Å². The summed E-state index contributed by atoms with van der Waals surface area (Å²) in [7, 11) is 1.46. The molecule has 0 spiro atoms. The molecule has 0 bridgehead atoms. The maximum atomic E-state index is 11.8. The average molecular weight is 258 g/mol. The molecule has 1 rings (SSSR count). The molecular weight excluding hydrogens is 242 g/mol. The Morgan fingerprint density at radius 3 is 2.82 bits per heavy atom. The van der Waals surface area contributed by atoms with Crippen LogP contribution in [0.15, 0.2) is 18.2 Å². The van der Waals surface area contributed by atoms with Gasteiger partial charge >= 0.3 is 0 Å². The van der Waals surface area contributed by atoms with Gasteiger partial charge in [-0.3, -0.25) is 4.79 Å². The van der Waals surface area contributed by atoms with Crippen LogP contribution in [0.4, 0.5) is 0 Å². The number of benzene rings is 1. The van der Waals surface area contributed by atoms with Crippen molar-refractivity contribution in [1.82, 2.24) is 5.32 Å². The van der Waals surface area contributed by atoms with E-state index < -0.39 is 0 Å². The first-order valence-corrected chi connectivity index (χ1v) is 5.85. The summed E-state index contributed by atoms with van der Waals surface area (Å²) in [6, 6.07) is 4.53. The van der Waals surface area contributed by atoms with Crippen molar-refractivity contribution in [2.24, 2.45) is 0 Å². The van der Waals surface area contributed by atoms with E-state index in [1.54, 1.807) is 12.1 Å². The van der Waals surface area contributed by atoms with Crippen LogP contribution in [0.5, 0.6) is 11.5 Å². The van der Waals surface area contributed by atoms with E-state index in [-0.39, 0.29) is 17.7 Å². The van der Waals surface area contributed by atoms with Crippen LogP contribution in [0, 0.1) is 0 Å². The van der Waals surface area contributed by atoms with Crippen LogP contribution in [-0.2, 0) is 0 Å². The van der Waals surface area contributed by atoms with Crippen LogP contribution >= 0.6 is 11.6 Å². The molecule has 0 saturated heterocycles. The summed E-state index contributed by atoms with van der Waals surface area (Å²) in [6.45, 7) is 1.88. The minimum absolute atomic E-state index is 0.00393. The number of rotatable bonds is 5. The molecule has 4 nitrogen and oxygen atoms in total. The molecule has 1 aromatic rings. The van der Waals surface area contributed by atoms with Gasteiger partial charge in [-0.05, 0) is 31.5 Å². The van der Waals surface area contributed by atoms with Crippen molar-refractivity contribution in [3.63, 3.8) is 0 Å². The summed E-state index contributed by atoms with van der Waals surface area (Å²) >= 11 is 5.58. The largest absolute Gasteiger partial charge is 0.504 e. The summed E-state index contributed by atoms with van der Waals surface area (Å²) in [4.78, 5) is 11.8. The highest BCUT2D eigenvalue weighted by Gasteiger charge is 2.11. The smallest absolute Gasteiger partial charge is 0.251 e. The van der Waals surface area contributed by atoms with Crippen molar-refractivity contribution in [2.45, 2.75) is 19.4 Å². The third-order valence-electron chi connectivity index (χ3n) is 2.36. The number of hydrogen-bond donors (Lipinski definition) is 2. The zero-order chi connectivity index (χ0) is 12.8. The lowest BCUT2D eigenvalue weighted by atomic mass is 10.1. The number of methoxy groups -OCH3 is 1. The van der Waals surface area contributed by atoms with Crippen LogP contribution < -0.4 is 10.1 Å². The standard InChI is InChI=1S/C12H16ClNO3/c1-8(5-6-13)14-12(16)9-3-4-11(17-2)10(15)7-9/h3-4,7-8,15H,5-6H2,1-2H3,(H,14,16). The second kappa shape index (κ2) is 6.35. The summed E-state index contributed by atoms with van der Waals surface area (Å²) < 4.78 is 4.90. The number of amides is 1. The minimum atomic E-state index is -0.236. The zero-order valence-corrected chi connectivity index (χ0v) is 10.6. The van der Waals surface area contributed by atoms with E-state index >= 15 is 0 Å². The first-order chi connectivity index (χ1) is 8.08. The van der Waals surface area contributed by atoms with Gasteiger partial charge in [0, 0.05) is 17.5 Å². The lowest BCUT2D eigenvalue weighted by Gasteiger charge is -2.12. The predicted molar refractivity (Wildman–Crippen MR) is 66.9 cm³/mol. The lowest BCUT2D eigenvalue weighted by Crippen LogP contribution is -2.32. The Morgan fingerprint density at radius 2 is 2.29 bits per heavy atom. The van der Waals surface area contributed by atoms with Gasteiger partial charge in [-0.25, -0.2) is 0 Å². The van der Waals surface area contributed by atoms with Crippen LogP contribution in [0.25, 0.3) is 0 Å². The summed E-state index contributed by atoms with van der Waals surface area (Å²) in [5, 5.41) is 12.3. The Kier molecular flexibility index (Phi) is 5.10. The zero-order valence-electron chi connectivity index (χ0n) is 9.87. The minimum Gasteiger partial charge on any atom is -0.504 e. The number of hydrogen-bond acceptors (Lipinski definition) is 3. The van der Waals surface area contributed by atoms with Crippen molar-refractivity contribution < 1.29 is 14.6 Å². The fraction of sp³-hybridized carbons (Fsp3) is 0.417. The van der Waals surface area contributed by atoms with E-state index in [0.717, 1.165) is 0 Å². The highest BCUT2D eigenvalue weighted by molar-refractivity contribution is 6.17. The van der Waals surface area contributed by atoms with Crippen molar-refractivity contribution in [2.75, 3.05) is 13.0 Å². The second-order valence-corrected chi connectivity index (χ2v) is 4.12. The SMILES string of the molecule is COc1ccc(C(=O)NC(C)CCCl)cc1O. The Morgan fingerprint density at radius 1 is 1.59 bits per heavy atom. The van der Waals surface area contributed by atoms with Gasteiger partial charge in [0.1, 0.15) is 0 Å². The van der Waals surface area contributed by atoms with Gasteiger partial charge in [-0.1, -0.05) is 0 Å². The number of ether oxygens (including phenoxy) is 1. The van der Waals surface area contributed by atoms with E-state index in [4.69, 9.17) is 16.3 Å². The van der Waals surface area contributed by atoms with E-state index in [1.165, 1.54) is 13.2 Å². The van der Waals surface area contributed by atoms with E-state index in [0.29, 0.717) is 23.6 Å². The highest BCUT2D eigenvalue weighted by Crippen LogP contribution is 2.26. The molecule has 0 aliphatic heterocycles. The molecular formula is C12H16ClNO3. The van der Waals surface area contributed by atoms with Crippen molar-refractivity contribution >= 4 is 17.5 Å². The van der Waals surface area contributed by atoms with Gasteiger partial charge in [-0.2, -0.15) is 0 Å². The quantitative estimate of drug-likeness (QED) is 0.795. The first-order valence-electron chi connectivity index (χ1n) is 5.32. The molecule has 2 N–H and O–H groups in total. The number of halogens is 1. The van der Waals surface area contributed by atoms with Crippen molar-refractivity contribution in [3.8, 4) is 11.5 Å². The number of phenolic OH excluding ortho intramolecular Hbond substituents is 1. The molecule has 0 heterocycles. The first kappa shape index (κ1) is 13.6. The third-order valence-corrected chi connectivity index (χ3v) is 2.58. The number of nitrogens with one attached hydrogen (secondary N) is 1. The molecule has 0 aliphatic rings. The fourth-order valence-electron chi connectivity index (χ4n) is 1.37. The molecule has 0 fully saturated rings. The summed E-state index contributed by atoms with van der Waals surface area (Å²) in [6.07, 6.45) is 0.704. The molecule has 17 heavy (non-hydrogen) atoms. The normalized spacial score (nSPS) is 11.9. The van der Waals surface area contributed by atoms with Crippen molar-refractivity contribution in [1.29, 1.82) is 0 Å². The molecule has 1 aromatic carbocycles. The maximum Gasteiger partial charge on any atom is 0.251 e. The fourth-order valence-corrected chi connectivity index (χ4v) is 1.70. The molecule has 1 amide bonds. The Labute approximate surface area is 106 Å². The molecule has 1 unspecified atom stereocenters. The number of aromatic hydroxyl groups is 1. The maximum absolute atomic E-state index is 11.8.